The summed E-state index contributed by atoms with van der Waals surface area (Å²) in [5.41, 5.74) is 2.83. The number of pyridine rings is 1. The molecule has 4 heteroatoms. The van der Waals surface area contributed by atoms with Gasteiger partial charge in [-0.3, -0.25) is 9.78 Å². The van der Waals surface area contributed by atoms with Crippen molar-refractivity contribution >= 4 is 16.8 Å². The number of benzene rings is 1. The minimum absolute atomic E-state index is 0.0899. The zero-order valence-corrected chi connectivity index (χ0v) is 12.4. The van der Waals surface area contributed by atoms with Crippen LogP contribution in [0.25, 0.3) is 10.9 Å². The van der Waals surface area contributed by atoms with Gasteiger partial charge in [-0.15, -0.1) is 0 Å². The van der Waals surface area contributed by atoms with Crippen LogP contribution in [0.1, 0.15) is 23.0 Å². The van der Waals surface area contributed by atoms with E-state index in [4.69, 9.17) is 0 Å². The fourth-order valence-corrected chi connectivity index (χ4v) is 3.19. The van der Waals surface area contributed by atoms with Crippen LogP contribution in [0, 0.1) is 0 Å². The van der Waals surface area contributed by atoms with Crippen LogP contribution in [0.2, 0.25) is 0 Å². The minimum Gasteiger partial charge on any atom is -0.345 e. The molecule has 2 aromatic heterocycles. The lowest BCUT2D eigenvalue weighted by molar-refractivity contribution is 0.0702. The third-order valence-corrected chi connectivity index (χ3v) is 4.37. The van der Waals surface area contributed by atoms with Gasteiger partial charge in [0.2, 0.25) is 0 Å². The molecule has 3 aromatic rings. The van der Waals surface area contributed by atoms with Crippen LogP contribution in [0.15, 0.2) is 54.9 Å². The number of hydrogen-bond donors (Lipinski definition) is 0. The molecule has 0 saturated heterocycles. The molecule has 0 saturated carbocycles. The highest BCUT2D eigenvalue weighted by Crippen LogP contribution is 2.24. The van der Waals surface area contributed by atoms with Crippen molar-refractivity contribution in [1.82, 2.24) is 14.5 Å². The van der Waals surface area contributed by atoms with Crippen molar-refractivity contribution in [1.29, 1.82) is 0 Å². The van der Waals surface area contributed by atoms with Gasteiger partial charge in [0.05, 0.1) is 17.8 Å². The van der Waals surface area contributed by atoms with Gasteiger partial charge in [0.15, 0.2) is 0 Å². The molecule has 1 aromatic carbocycles. The van der Waals surface area contributed by atoms with Crippen molar-refractivity contribution < 1.29 is 4.79 Å². The smallest absolute Gasteiger partial charge is 0.256 e. The molecule has 1 aliphatic rings. The van der Waals surface area contributed by atoms with Crippen molar-refractivity contribution in [3.8, 4) is 0 Å². The van der Waals surface area contributed by atoms with Gasteiger partial charge < -0.3 is 9.47 Å². The molecule has 4 rings (SSSR count). The summed E-state index contributed by atoms with van der Waals surface area (Å²) in [6, 6.07) is 14.2. The Labute approximate surface area is 129 Å². The van der Waals surface area contributed by atoms with Crippen LogP contribution < -0.4 is 0 Å². The van der Waals surface area contributed by atoms with Gasteiger partial charge in [-0.05, 0) is 36.6 Å². The normalized spacial score (nSPS) is 15.3. The fraction of sp³-hybridized carbons (Fsp3) is 0.222. The van der Waals surface area contributed by atoms with Crippen LogP contribution in [0.4, 0.5) is 0 Å². The first-order chi connectivity index (χ1) is 10.7. The van der Waals surface area contributed by atoms with E-state index in [1.807, 2.05) is 29.2 Å². The average Bonchev–Trinajstić information content (AvgIpc) is 3.10. The highest BCUT2D eigenvalue weighted by molar-refractivity contribution is 5.97. The molecule has 22 heavy (non-hydrogen) atoms. The quantitative estimate of drug-likeness (QED) is 0.744. The van der Waals surface area contributed by atoms with Gasteiger partial charge in [0.1, 0.15) is 0 Å². The van der Waals surface area contributed by atoms with E-state index in [9.17, 15) is 4.79 Å². The summed E-state index contributed by atoms with van der Waals surface area (Å²) in [7, 11) is 0. The second kappa shape index (κ2) is 4.98. The molecule has 0 aliphatic carbocycles. The van der Waals surface area contributed by atoms with E-state index in [1.165, 1.54) is 10.9 Å². The van der Waals surface area contributed by atoms with Crippen LogP contribution in [-0.4, -0.2) is 26.4 Å². The Hall–Kier alpha value is -2.62. The van der Waals surface area contributed by atoms with E-state index >= 15 is 0 Å². The van der Waals surface area contributed by atoms with E-state index in [0.717, 1.165) is 17.8 Å². The molecule has 4 nitrogen and oxygen atoms in total. The predicted molar refractivity (Wildman–Crippen MR) is 85.5 cm³/mol. The lowest BCUT2D eigenvalue weighted by atomic mass is 10.2. The molecule has 1 atom stereocenters. The molecular weight excluding hydrogens is 274 g/mol. The summed E-state index contributed by atoms with van der Waals surface area (Å²) in [4.78, 5) is 18.7. The van der Waals surface area contributed by atoms with Crippen molar-refractivity contribution in [3.05, 3.63) is 66.1 Å². The third kappa shape index (κ3) is 1.99. The third-order valence-electron chi connectivity index (χ3n) is 4.37. The maximum absolute atomic E-state index is 12.5. The lowest BCUT2D eigenvalue weighted by Crippen LogP contribution is -2.36. The van der Waals surface area contributed by atoms with E-state index < -0.39 is 0 Å². The summed E-state index contributed by atoms with van der Waals surface area (Å²) in [6.45, 7) is 3.49. The van der Waals surface area contributed by atoms with Crippen molar-refractivity contribution in [2.45, 2.75) is 26.1 Å². The molecule has 0 spiro atoms. The molecule has 1 aliphatic heterocycles. The van der Waals surface area contributed by atoms with Crippen molar-refractivity contribution in [3.63, 3.8) is 0 Å². The highest BCUT2D eigenvalue weighted by atomic mass is 16.2. The molecule has 3 heterocycles. The maximum Gasteiger partial charge on any atom is 0.256 e. The molecule has 1 amide bonds. The number of carbonyl (C=O) groups excluding carboxylic acids is 1. The van der Waals surface area contributed by atoms with E-state index in [-0.39, 0.29) is 11.9 Å². The molecular formula is C18H17N3O. The fourth-order valence-electron chi connectivity index (χ4n) is 3.19. The summed E-state index contributed by atoms with van der Waals surface area (Å²) in [5.74, 6) is 0.0899. The number of amides is 1. The summed E-state index contributed by atoms with van der Waals surface area (Å²) in [6.07, 6.45) is 3.84. The Kier molecular flexibility index (Phi) is 2.96. The van der Waals surface area contributed by atoms with Gasteiger partial charge in [-0.25, -0.2) is 0 Å². The van der Waals surface area contributed by atoms with E-state index in [1.54, 1.807) is 6.20 Å². The molecule has 0 radical (unpaired) electrons. The number of para-hydroxylation sites is 1. The highest BCUT2D eigenvalue weighted by Gasteiger charge is 2.31. The number of carbonyl (C=O) groups is 1. The van der Waals surface area contributed by atoms with Crippen molar-refractivity contribution in [2.75, 3.05) is 0 Å². The number of aromatic nitrogens is 2. The van der Waals surface area contributed by atoms with Gasteiger partial charge in [0.25, 0.3) is 5.91 Å². The first-order valence-electron chi connectivity index (χ1n) is 7.53. The second-order valence-corrected chi connectivity index (χ2v) is 5.81. The Morgan fingerprint density at radius 1 is 1.18 bits per heavy atom. The molecule has 1 unspecified atom stereocenters. The maximum atomic E-state index is 12.5. The average molecular weight is 291 g/mol. The Morgan fingerprint density at radius 2 is 2.05 bits per heavy atom. The topological polar surface area (TPSA) is 38.1 Å². The van der Waals surface area contributed by atoms with Crippen LogP contribution >= 0.6 is 0 Å². The lowest BCUT2D eigenvalue weighted by Gasteiger charge is -2.24. The number of nitrogens with zero attached hydrogens (tertiary/aromatic N) is 3. The monoisotopic (exact) mass is 291 g/mol. The van der Waals surface area contributed by atoms with Gasteiger partial charge in [-0.2, -0.15) is 0 Å². The van der Waals surface area contributed by atoms with Gasteiger partial charge in [0, 0.05) is 30.5 Å². The van der Waals surface area contributed by atoms with E-state index in [2.05, 4.69) is 40.9 Å². The summed E-state index contributed by atoms with van der Waals surface area (Å²) >= 11 is 0. The Morgan fingerprint density at radius 3 is 2.91 bits per heavy atom. The number of rotatable bonds is 3. The molecule has 0 N–H and O–H groups in total. The van der Waals surface area contributed by atoms with Gasteiger partial charge >= 0.3 is 0 Å². The number of fused-ring (bicyclic) bond motifs is 2. The largest absolute Gasteiger partial charge is 0.345 e. The van der Waals surface area contributed by atoms with E-state index in [0.29, 0.717) is 6.54 Å². The zero-order valence-electron chi connectivity index (χ0n) is 12.4. The molecule has 0 bridgehead atoms. The SMILES string of the molecule is CC(Cn1ccc2ccccc21)N1Cc2ncccc2C1=O. The van der Waals surface area contributed by atoms with Crippen LogP contribution in [0.5, 0.6) is 0 Å². The molecule has 110 valence electrons. The predicted octanol–water partition coefficient (Wildman–Crippen LogP) is 3.08. The molecule has 0 fully saturated rings. The van der Waals surface area contributed by atoms with Crippen molar-refractivity contribution in [2.24, 2.45) is 0 Å². The first-order valence-corrected chi connectivity index (χ1v) is 7.53. The Balaban J connectivity index is 1.59. The van der Waals surface area contributed by atoms with Crippen LogP contribution in [-0.2, 0) is 13.1 Å². The zero-order chi connectivity index (χ0) is 15.1. The van der Waals surface area contributed by atoms with Gasteiger partial charge in [-0.1, -0.05) is 18.2 Å². The summed E-state index contributed by atoms with van der Waals surface area (Å²) < 4.78 is 2.21. The first kappa shape index (κ1) is 13.1. The summed E-state index contributed by atoms with van der Waals surface area (Å²) in [5, 5.41) is 1.23. The van der Waals surface area contributed by atoms with Crippen LogP contribution in [0.3, 0.4) is 0 Å². The Bertz CT molecular complexity index is 852. The number of hydrogen-bond acceptors (Lipinski definition) is 2. The second-order valence-electron chi connectivity index (χ2n) is 5.81. The minimum atomic E-state index is 0.0899. The standard InChI is InChI=1S/C18H17N3O/c1-13(11-20-10-8-14-5-2-3-7-17(14)20)21-12-16-15(18(21)22)6-4-9-19-16/h2-10,13H,11-12H2,1H3.